The van der Waals surface area contributed by atoms with Crippen LogP contribution in [-0.2, 0) is 16.9 Å². The summed E-state index contributed by atoms with van der Waals surface area (Å²) in [6.45, 7) is 2.48. The van der Waals surface area contributed by atoms with Gasteiger partial charge in [0.1, 0.15) is 11.3 Å². The quantitative estimate of drug-likeness (QED) is 0.440. The highest BCUT2D eigenvalue weighted by molar-refractivity contribution is 6.00. The van der Waals surface area contributed by atoms with E-state index in [-0.39, 0.29) is 41.6 Å². The molecule has 0 spiro atoms. The van der Waals surface area contributed by atoms with Gasteiger partial charge in [-0.3, -0.25) is 14.9 Å². The van der Waals surface area contributed by atoms with Gasteiger partial charge in [-0.05, 0) is 18.7 Å². The number of nitrogens with one attached hydrogen (secondary N) is 2. The number of halogens is 2. The fraction of sp³-hybridized carbons (Fsp3) is 0.400. The lowest BCUT2D eigenvalue weighted by molar-refractivity contribution is -0.125. The largest absolute Gasteiger partial charge is 0.494 e. The SMILES string of the molecule is COc1ccc2c(c1F)C(=O)N(CC1(c3cc4nc(N5CCN(C)CC5)c(F)cc4o3)NC(O)NC1=O)C2. The van der Waals surface area contributed by atoms with Crippen LogP contribution in [0.4, 0.5) is 14.6 Å². The first-order valence-corrected chi connectivity index (χ1v) is 12.2. The molecule has 2 amide bonds. The molecular formula is C25H26F2N6O5. The Kier molecular flexibility index (Phi) is 5.74. The molecule has 2 atom stereocenters. The van der Waals surface area contributed by atoms with E-state index in [0.29, 0.717) is 24.2 Å². The highest BCUT2D eigenvalue weighted by Crippen LogP contribution is 2.37. The van der Waals surface area contributed by atoms with Crippen LogP contribution in [0.1, 0.15) is 21.7 Å². The number of rotatable bonds is 5. The highest BCUT2D eigenvalue weighted by Gasteiger charge is 2.53. The average molecular weight is 529 g/mol. The van der Waals surface area contributed by atoms with Crippen LogP contribution >= 0.6 is 0 Å². The molecule has 0 aliphatic carbocycles. The van der Waals surface area contributed by atoms with Crippen LogP contribution in [0, 0.1) is 11.6 Å². The molecule has 3 aliphatic heterocycles. The number of aromatic nitrogens is 1. The van der Waals surface area contributed by atoms with Gasteiger partial charge in [-0.25, -0.2) is 13.8 Å². The molecule has 1 aromatic carbocycles. The highest BCUT2D eigenvalue weighted by atomic mass is 19.1. The summed E-state index contributed by atoms with van der Waals surface area (Å²) >= 11 is 0. The zero-order valence-corrected chi connectivity index (χ0v) is 20.8. The van der Waals surface area contributed by atoms with Crippen molar-refractivity contribution in [2.45, 2.75) is 18.4 Å². The number of aliphatic hydroxyl groups excluding tert-OH is 1. The molecule has 0 radical (unpaired) electrons. The first-order chi connectivity index (χ1) is 18.2. The number of piperazine rings is 1. The third-order valence-corrected chi connectivity index (χ3v) is 7.40. The summed E-state index contributed by atoms with van der Waals surface area (Å²) in [5.74, 6) is -2.49. The van der Waals surface area contributed by atoms with E-state index in [1.807, 2.05) is 11.9 Å². The minimum Gasteiger partial charge on any atom is -0.494 e. The fourth-order valence-corrected chi connectivity index (χ4v) is 5.31. The van der Waals surface area contributed by atoms with Crippen molar-refractivity contribution >= 4 is 28.7 Å². The molecule has 38 heavy (non-hydrogen) atoms. The molecule has 11 nitrogen and oxygen atoms in total. The molecule has 2 fully saturated rings. The van der Waals surface area contributed by atoms with Crippen LogP contribution in [0.3, 0.4) is 0 Å². The standard InChI is InChI=1S/C25H26F2N6O5/c1-31-5-7-32(8-6-31)21-14(26)9-17-15(28-21)10-18(38-17)25(23(35)29-24(36)30-25)12-33-11-13-3-4-16(37-2)20(27)19(13)22(33)34/h3-4,9-10,24,30,36H,5-8,11-12H2,1-2H3,(H,29,35). The van der Waals surface area contributed by atoms with Gasteiger partial charge in [0, 0.05) is 44.9 Å². The second-order valence-corrected chi connectivity index (χ2v) is 9.78. The monoisotopic (exact) mass is 528 g/mol. The van der Waals surface area contributed by atoms with Crippen molar-refractivity contribution in [1.29, 1.82) is 0 Å². The molecule has 6 rings (SSSR count). The Morgan fingerprint density at radius 3 is 2.66 bits per heavy atom. The number of pyridine rings is 1. The van der Waals surface area contributed by atoms with Gasteiger partial charge in [-0.2, -0.15) is 0 Å². The third-order valence-electron chi connectivity index (χ3n) is 7.40. The minimum atomic E-state index is -1.73. The Bertz CT molecular complexity index is 1460. The maximum Gasteiger partial charge on any atom is 0.257 e. The van der Waals surface area contributed by atoms with Crippen molar-refractivity contribution in [2.75, 3.05) is 51.8 Å². The van der Waals surface area contributed by atoms with Crippen LogP contribution in [0.2, 0.25) is 0 Å². The smallest absolute Gasteiger partial charge is 0.257 e. The number of furan rings is 1. The molecule has 5 heterocycles. The van der Waals surface area contributed by atoms with Gasteiger partial charge < -0.3 is 34.3 Å². The maximum atomic E-state index is 15.0. The molecule has 0 saturated carbocycles. The first kappa shape index (κ1) is 24.5. The normalized spacial score (nSPS) is 23.9. The van der Waals surface area contributed by atoms with Crippen molar-refractivity contribution in [1.82, 2.24) is 25.4 Å². The number of carbonyl (C=O) groups is 2. The lowest BCUT2D eigenvalue weighted by Crippen LogP contribution is -2.53. The van der Waals surface area contributed by atoms with Gasteiger partial charge in [0.15, 0.2) is 40.7 Å². The molecule has 0 bridgehead atoms. The summed E-state index contributed by atoms with van der Waals surface area (Å²) in [6.07, 6.45) is -1.43. The van der Waals surface area contributed by atoms with Crippen molar-refractivity contribution in [2.24, 2.45) is 0 Å². The Morgan fingerprint density at radius 1 is 1.21 bits per heavy atom. The summed E-state index contributed by atoms with van der Waals surface area (Å²) in [5.41, 5.74) is -1.01. The Labute approximate surface area is 215 Å². The van der Waals surface area contributed by atoms with Crippen LogP contribution < -0.4 is 20.3 Å². The number of hydrogen-bond acceptors (Lipinski definition) is 9. The molecule has 3 aliphatic rings. The fourth-order valence-electron chi connectivity index (χ4n) is 5.31. The van der Waals surface area contributed by atoms with Crippen molar-refractivity contribution < 1.29 is 32.6 Å². The number of ether oxygens (including phenoxy) is 1. The van der Waals surface area contributed by atoms with Crippen molar-refractivity contribution in [3.05, 3.63) is 52.8 Å². The summed E-state index contributed by atoms with van der Waals surface area (Å²) in [4.78, 5) is 36.2. The predicted octanol–water partition coefficient (Wildman–Crippen LogP) is 0.713. The van der Waals surface area contributed by atoms with Gasteiger partial charge in [-0.1, -0.05) is 6.07 Å². The molecule has 3 N–H and O–H groups in total. The van der Waals surface area contributed by atoms with Gasteiger partial charge in [0.25, 0.3) is 11.8 Å². The Balaban J connectivity index is 1.36. The number of anilines is 1. The zero-order chi connectivity index (χ0) is 26.8. The number of amides is 2. The number of benzene rings is 1. The van der Waals surface area contributed by atoms with Crippen LogP contribution in [-0.4, -0.2) is 84.9 Å². The lowest BCUT2D eigenvalue weighted by Gasteiger charge is -2.33. The van der Waals surface area contributed by atoms with E-state index >= 15 is 4.39 Å². The number of nitrogens with zero attached hydrogens (tertiary/aromatic N) is 4. The van der Waals surface area contributed by atoms with E-state index in [1.165, 1.54) is 30.2 Å². The summed E-state index contributed by atoms with van der Waals surface area (Å²) < 4.78 is 40.8. The van der Waals surface area contributed by atoms with Crippen molar-refractivity contribution in [3.63, 3.8) is 0 Å². The van der Waals surface area contributed by atoms with E-state index < -0.39 is 35.3 Å². The molecular weight excluding hydrogens is 502 g/mol. The average Bonchev–Trinajstić information content (AvgIpc) is 3.53. The number of likely N-dealkylation sites (N-methyl/N-ethyl adjacent to an activating group) is 1. The first-order valence-electron chi connectivity index (χ1n) is 12.2. The molecule has 2 unspecified atom stereocenters. The topological polar surface area (TPSA) is 123 Å². The van der Waals surface area contributed by atoms with Crippen LogP contribution in [0.15, 0.2) is 28.7 Å². The molecule has 2 saturated heterocycles. The van der Waals surface area contributed by atoms with Gasteiger partial charge in [-0.15, -0.1) is 0 Å². The third kappa shape index (κ3) is 3.77. The number of hydrogen-bond donors (Lipinski definition) is 3. The summed E-state index contributed by atoms with van der Waals surface area (Å²) in [6, 6.07) is 5.74. The second-order valence-electron chi connectivity index (χ2n) is 9.78. The van der Waals surface area contributed by atoms with Crippen LogP contribution in [0.25, 0.3) is 11.1 Å². The Hall–Kier alpha value is -3.81. The second kappa shape index (κ2) is 8.89. The van der Waals surface area contributed by atoms with Gasteiger partial charge in [0.05, 0.1) is 19.2 Å². The number of methoxy groups -OCH3 is 1. The summed E-state index contributed by atoms with van der Waals surface area (Å²) in [5, 5.41) is 15.4. The van der Waals surface area contributed by atoms with E-state index in [4.69, 9.17) is 9.15 Å². The summed E-state index contributed by atoms with van der Waals surface area (Å²) in [7, 11) is 3.30. The minimum absolute atomic E-state index is 0.0303. The van der Waals surface area contributed by atoms with Crippen molar-refractivity contribution in [3.8, 4) is 5.75 Å². The Morgan fingerprint density at radius 2 is 1.97 bits per heavy atom. The van der Waals surface area contributed by atoms with E-state index in [0.717, 1.165) is 13.1 Å². The van der Waals surface area contributed by atoms with E-state index in [9.17, 15) is 19.1 Å². The maximum absolute atomic E-state index is 15.0. The van der Waals surface area contributed by atoms with Gasteiger partial charge in [0.2, 0.25) is 0 Å². The number of carbonyl (C=O) groups excluding carboxylic acids is 2. The molecule has 3 aromatic rings. The van der Waals surface area contributed by atoms with Crippen LogP contribution in [0.5, 0.6) is 5.75 Å². The lowest BCUT2D eigenvalue weighted by atomic mass is 9.95. The number of fused-ring (bicyclic) bond motifs is 2. The molecule has 200 valence electrons. The molecule has 2 aromatic heterocycles. The number of aliphatic hydroxyl groups is 1. The zero-order valence-electron chi connectivity index (χ0n) is 20.8. The molecule has 13 heteroatoms. The predicted molar refractivity (Wildman–Crippen MR) is 130 cm³/mol. The van der Waals surface area contributed by atoms with E-state index in [2.05, 4.69) is 20.5 Å². The van der Waals surface area contributed by atoms with Gasteiger partial charge >= 0.3 is 0 Å². The van der Waals surface area contributed by atoms with E-state index in [1.54, 1.807) is 6.07 Å².